The van der Waals surface area contributed by atoms with E-state index in [0.29, 0.717) is 12.4 Å². The topological polar surface area (TPSA) is 26.3 Å². The van der Waals surface area contributed by atoms with E-state index in [4.69, 9.17) is 4.74 Å². The van der Waals surface area contributed by atoms with Crippen molar-refractivity contribution in [1.29, 1.82) is 0 Å². The van der Waals surface area contributed by atoms with E-state index in [1.807, 2.05) is 6.92 Å². The summed E-state index contributed by atoms with van der Waals surface area (Å²) in [5.41, 5.74) is 0. The summed E-state index contributed by atoms with van der Waals surface area (Å²) in [6, 6.07) is 0. The Hall–Kier alpha value is -0.370. The number of hydrogen-bond donors (Lipinski definition) is 0. The van der Waals surface area contributed by atoms with Crippen LogP contribution < -0.4 is 0 Å². The van der Waals surface area contributed by atoms with Crippen molar-refractivity contribution >= 4 is 5.78 Å². The standard InChI is InChI=1S/C15H28O2/c1-4-8-14(17-6-3)15(16)13-10-7-9-12(5-2)11-13/h12-14H,4-11H2,1-3H3. The van der Waals surface area contributed by atoms with Gasteiger partial charge in [0.2, 0.25) is 0 Å². The van der Waals surface area contributed by atoms with Gasteiger partial charge >= 0.3 is 0 Å². The van der Waals surface area contributed by atoms with Gasteiger partial charge in [0.15, 0.2) is 5.78 Å². The fourth-order valence-electron chi connectivity index (χ4n) is 2.95. The van der Waals surface area contributed by atoms with E-state index < -0.39 is 0 Å². The molecule has 2 heteroatoms. The van der Waals surface area contributed by atoms with Crippen molar-refractivity contribution < 1.29 is 9.53 Å². The molecule has 0 amide bonds. The van der Waals surface area contributed by atoms with Crippen LogP contribution in [0.1, 0.15) is 65.7 Å². The van der Waals surface area contributed by atoms with Crippen LogP contribution in [0.4, 0.5) is 0 Å². The Morgan fingerprint density at radius 1 is 1.29 bits per heavy atom. The summed E-state index contributed by atoms with van der Waals surface area (Å²) >= 11 is 0. The number of carbonyl (C=O) groups excluding carboxylic acids is 1. The van der Waals surface area contributed by atoms with E-state index in [9.17, 15) is 4.79 Å². The lowest BCUT2D eigenvalue weighted by atomic mass is 9.77. The highest BCUT2D eigenvalue weighted by Crippen LogP contribution is 2.32. The molecular weight excluding hydrogens is 212 g/mol. The lowest BCUT2D eigenvalue weighted by molar-refractivity contribution is -0.136. The number of rotatable bonds is 7. The molecule has 0 heterocycles. The predicted molar refractivity (Wildman–Crippen MR) is 71.1 cm³/mol. The minimum Gasteiger partial charge on any atom is -0.371 e. The molecule has 100 valence electrons. The minimum absolute atomic E-state index is 0.134. The van der Waals surface area contributed by atoms with Gasteiger partial charge < -0.3 is 4.74 Å². The normalized spacial score (nSPS) is 26.8. The van der Waals surface area contributed by atoms with E-state index >= 15 is 0 Å². The molecule has 1 aliphatic rings. The summed E-state index contributed by atoms with van der Waals surface area (Å²) in [4.78, 5) is 12.4. The molecule has 0 bridgehead atoms. The fraction of sp³-hybridized carbons (Fsp3) is 0.933. The second-order valence-electron chi connectivity index (χ2n) is 5.27. The number of hydrogen-bond acceptors (Lipinski definition) is 2. The van der Waals surface area contributed by atoms with Gasteiger partial charge in [-0.2, -0.15) is 0 Å². The number of carbonyl (C=O) groups is 1. The lowest BCUT2D eigenvalue weighted by Gasteiger charge is -2.29. The highest BCUT2D eigenvalue weighted by Gasteiger charge is 2.30. The second kappa shape index (κ2) is 7.86. The molecule has 0 aliphatic heterocycles. The maximum atomic E-state index is 12.4. The molecule has 0 N–H and O–H groups in total. The number of ether oxygens (including phenoxy) is 1. The molecule has 1 rings (SSSR count). The van der Waals surface area contributed by atoms with Gasteiger partial charge in [0.25, 0.3) is 0 Å². The molecule has 0 aromatic heterocycles. The zero-order chi connectivity index (χ0) is 12.7. The molecule has 0 saturated heterocycles. The first-order valence-corrected chi connectivity index (χ1v) is 7.38. The van der Waals surface area contributed by atoms with Crippen LogP contribution in [-0.2, 0) is 9.53 Å². The maximum Gasteiger partial charge on any atom is 0.164 e. The molecule has 0 aromatic rings. The summed E-state index contributed by atoms with van der Waals surface area (Å²) in [6.45, 7) is 6.99. The Labute approximate surface area is 106 Å². The molecule has 0 radical (unpaired) electrons. The van der Waals surface area contributed by atoms with Gasteiger partial charge in [-0.15, -0.1) is 0 Å². The van der Waals surface area contributed by atoms with Gasteiger partial charge in [0.1, 0.15) is 6.10 Å². The summed E-state index contributed by atoms with van der Waals surface area (Å²) in [6.07, 6.45) is 7.72. The first kappa shape index (κ1) is 14.7. The molecule has 17 heavy (non-hydrogen) atoms. The number of Topliss-reactive ketones (excluding diaryl/α,β-unsaturated/α-hetero) is 1. The summed E-state index contributed by atoms with van der Waals surface area (Å²) in [5, 5.41) is 0. The van der Waals surface area contributed by atoms with Gasteiger partial charge in [-0.25, -0.2) is 0 Å². The molecule has 1 aliphatic carbocycles. The summed E-state index contributed by atoms with van der Waals surface area (Å²) < 4.78 is 5.62. The first-order valence-electron chi connectivity index (χ1n) is 7.38. The van der Waals surface area contributed by atoms with E-state index in [1.54, 1.807) is 0 Å². The molecule has 1 saturated carbocycles. The van der Waals surface area contributed by atoms with Crippen molar-refractivity contribution in [3.63, 3.8) is 0 Å². The van der Waals surface area contributed by atoms with Crippen LogP contribution >= 0.6 is 0 Å². The van der Waals surface area contributed by atoms with Gasteiger partial charge in [0.05, 0.1) is 0 Å². The van der Waals surface area contributed by atoms with Crippen LogP contribution in [0.2, 0.25) is 0 Å². The van der Waals surface area contributed by atoms with Crippen molar-refractivity contribution in [2.45, 2.75) is 71.8 Å². The van der Waals surface area contributed by atoms with Gasteiger partial charge in [-0.3, -0.25) is 4.79 Å². The summed E-state index contributed by atoms with van der Waals surface area (Å²) in [7, 11) is 0. The first-order chi connectivity index (χ1) is 8.22. The lowest BCUT2D eigenvalue weighted by Crippen LogP contribution is -2.33. The Bertz CT molecular complexity index is 219. The van der Waals surface area contributed by atoms with Crippen molar-refractivity contribution in [2.24, 2.45) is 11.8 Å². The molecule has 1 fully saturated rings. The van der Waals surface area contributed by atoms with Crippen LogP contribution in [0.15, 0.2) is 0 Å². The zero-order valence-corrected chi connectivity index (χ0v) is 11.7. The van der Waals surface area contributed by atoms with Crippen LogP contribution in [0, 0.1) is 11.8 Å². The highest BCUT2D eigenvalue weighted by atomic mass is 16.5. The van der Waals surface area contributed by atoms with Crippen molar-refractivity contribution in [2.75, 3.05) is 6.61 Å². The largest absolute Gasteiger partial charge is 0.371 e. The number of ketones is 1. The Morgan fingerprint density at radius 3 is 2.65 bits per heavy atom. The Kier molecular flexibility index (Phi) is 6.79. The Morgan fingerprint density at radius 2 is 2.06 bits per heavy atom. The molecular formula is C15H28O2. The highest BCUT2D eigenvalue weighted by molar-refractivity contribution is 5.85. The van der Waals surface area contributed by atoms with Crippen LogP contribution in [-0.4, -0.2) is 18.5 Å². The van der Waals surface area contributed by atoms with E-state index in [-0.39, 0.29) is 12.0 Å². The average Bonchev–Trinajstić information content (AvgIpc) is 2.38. The van der Waals surface area contributed by atoms with Crippen LogP contribution in [0.25, 0.3) is 0 Å². The van der Waals surface area contributed by atoms with Crippen LogP contribution in [0.3, 0.4) is 0 Å². The third-order valence-electron chi connectivity index (χ3n) is 4.00. The van der Waals surface area contributed by atoms with Gasteiger partial charge in [0, 0.05) is 12.5 Å². The quantitative estimate of drug-likeness (QED) is 0.673. The van der Waals surface area contributed by atoms with Crippen molar-refractivity contribution in [3.05, 3.63) is 0 Å². The maximum absolute atomic E-state index is 12.4. The monoisotopic (exact) mass is 240 g/mol. The smallest absolute Gasteiger partial charge is 0.164 e. The van der Waals surface area contributed by atoms with Crippen molar-refractivity contribution in [3.8, 4) is 0 Å². The third-order valence-corrected chi connectivity index (χ3v) is 4.00. The van der Waals surface area contributed by atoms with Crippen LogP contribution in [0.5, 0.6) is 0 Å². The Balaban J connectivity index is 2.53. The predicted octanol–water partition coefficient (Wildman–Crippen LogP) is 3.98. The van der Waals surface area contributed by atoms with Gasteiger partial charge in [-0.1, -0.05) is 39.5 Å². The minimum atomic E-state index is -0.134. The molecule has 3 atom stereocenters. The molecule has 3 unspecified atom stereocenters. The molecule has 0 spiro atoms. The molecule has 2 nitrogen and oxygen atoms in total. The average molecular weight is 240 g/mol. The fourth-order valence-corrected chi connectivity index (χ4v) is 2.95. The summed E-state index contributed by atoms with van der Waals surface area (Å²) in [5.74, 6) is 1.42. The SMILES string of the molecule is CCCC(OCC)C(=O)C1CCCC(CC)C1. The third kappa shape index (κ3) is 4.42. The zero-order valence-electron chi connectivity index (χ0n) is 11.7. The van der Waals surface area contributed by atoms with E-state index in [2.05, 4.69) is 13.8 Å². The molecule has 0 aromatic carbocycles. The van der Waals surface area contributed by atoms with Gasteiger partial charge in [-0.05, 0) is 32.1 Å². The second-order valence-corrected chi connectivity index (χ2v) is 5.27. The van der Waals surface area contributed by atoms with Crippen molar-refractivity contribution in [1.82, 2.24) is 0 Å². The van der Waals surface area contributed by atoms with E-state index in [0.717, 1.165) is 31.6 Å². The van der Waals surface area contributed by atoms with E-state index in [1.165, 1.54) is 19.3 Å².